The molecule has 1 fully saturated rings. The third kappa shape index (κ3) is 3.24. The topological polar surface area (TPSA) is 20.2 Å². The predicted octanol–water partition coefficient (Wildman–Crippen LogP) is 4.21. The predicted molar refractivity (Wildman–Crippen MR) is 72.2 cm³/mol. The molecule has 1 aliphatic rings. The molecule has 0 radical (unpaired) electrons. The Hall–Kier alpha value is -0.600. The second kappa shape index (κ2) is 6.03. The maximum Gasteiger partial charge on any atom is 0.141 e. The lowest BCUT2D eigenvalue weighted by molar-refractivity contribution is 0.0475. The van der Waals surface area contributed by atoms with Crippen LogP contribution in [-0.4, -0.2) is 11.2 Å². The summed E-state index contributed by atoms with van der Waals surface area (Å²) in [7, 11) is 0. The highest BCUT2D eigenvalue weighted by Crippen LogP contribution is 2.33. The SMILES string of the molecule is CCC1CCC(O)C(Cc2ccc(F)c(Cl)c2)C1. The maximum absolute atomic E-state index is 13.1. The first-order valence-corrected chi connectivity index (χ1v) is 7.10. The first-order chi connectivity index (χ1) is 8.60. The number of hydrogen-bond acceptors (Lipinski definition) is 1. The minimum absolute atomic E-state index is 0.171. The van der Waals surface area contributed by atoms with Gasteiger partial charge in [0.05, 0.1) is 11.1 Å². The van der Waals surface area contributed by atoms with E-state index in [4.69, 9.17) is 11.6 Å². The van der Waals surface area contributed by atoms with Crippen LogP contribution < -0.4 is 0 Å². The summed E-state index contributed by atoms with van der Waals surface area (Å²) < 4.78 is 13.1. The molecule has 1 aromatic rings. The van der Waals surface area contributed by atoms with Crippen LogP contribution in [0.2, 0.25) is 5.02 Å². The Morgan fingerprint density at radius 3 is 2.83 bits per heavy atom. The van der Waals surface area contributed by atoms with Crippen molar-refractivity contribution in [2.24, 2.45) is 11.8 Å². The highest BCUT2D eigenvalue weighted by atomic mass is 35.5. The van der Waals surface area contributed by atoms with Crippen molar-refractivity contribution >= 4 is 11.6 Å². The number of aliphatic hydroxyl groups is 1. The van der Waals surface area contributed by atoms with Gasteiger partial charge in [0.1, 0.15) is 5.82 Å². The van der Waals surface area contributed by atoms with E-state index in [-0.39, 0.29) is 22.9 Å². The second-order valence-corrected chi connectivity index (χ2v) is 5.77. The van der Waals surface area contributed by atoms with Gasteiger partial charge in [-0.1, -0.05) is 31.0 Å². The molecule has 0 bridgehead atoms. The smallest absolute Gasteiger partial charge is 0.141 e. The molecule has 1 saturated carbocycles. The Balaban J connectivity index is 2.04. The highest BCUT2D eigenvalue weighted by Gasteiger charge is 2.28. The average molecular weight is 271 g/mol. The van der Waals surface area contributed by atoms with Crippen LogP contribution in [0.4, 0.5) is 4.39 Å². The molecular weight excluding hydrogens is 251 g/mol. The lowest BCUT2D eigenvalue weighted by atomic mass is 9.76. The maximum atomic E-state index is 13.1. The van der Waals surface area contributed by atoms with E-state index in [1.165, 1.54) is 12.5 Å². The molecule has 0 amide bonds. The summed E-state index contributed by atoms with van der Waals surface area (Å²) in [6.45, 7) is 2.20. The summed E-state index contributed by atoms with van der Waals surface area (Å²) in [4.78, 5) is 0. The fraction of sp³-hybridized carbons (Fsp3) is 0.600. The molecule has 18 heavy (non-hydrogen) atoms. The van der Waals surface area contributed by atoms with E-state index < -0.39 is 0 Å². The van der Waals surface area contributed by atoms with Gasteiger partial charge in [0.25, 0.3) is 0 Å². The molecule has 1 aromatic carbocycles. The average Bonchev–Trinajstić information content (AvgIpc) is 2.36. The molecule has 0 aliphatic heterocycles. The lowest BCUT2D eigenvalue weighted by Crippen LogP contribution is -2.30. The van der Waals surface area contributed by atoms with Crippen molar-refractivity contribution in [2.45, 2.75) is 45.1 Å². The summed E-state index contributed by atoms with van der Waals surface area (Å²) in [6.07, 6.45) is 4.81. The van der Waals surface area contributed by atoms with Gasteiger partial charge in [-0.25, -0.2) is 4.39 Å². The van der Waals surface area contributed by atoms with E-state index in [9.17, 15) is 9.50 Å². The molecule has 3 atom stereocenters. The number of aliphatic hydroxyl groups excluding tert-OH is 1. The van der Waals surface area contributed by atoms with Gasteiger partial charge in [-0.2, -0.15) is 0 Å². The minimum atomic E-state index is -0.379. The van der Waals surface area contributed by atoms with Gasteiger partial charge in [0.15, 0.2) is 0 Å². The summed E-state index contributed by atoms with van der Waals surface area (Å²) in [5.41, 5.74) is 1.02. The number of benzene rings is 1. The van der Waals surface area contributed by atoms with Gasteiger partial charge in [0.2, 0.25) is 0 Å². The molecule has 3 heteroatoms. The van der Waals surface area contributed by atoms with Crippen LogP contribution in [0.1, 0.15) is 38.2 Å². The third-order valence-electron chi connectivity index (χ3n) is 4.11. The summed E-state index contributed by atoms with van der Waals surface area (Å²) in [5, 5.41) is 10.2. The molecule has 2 rings (SSSR count). The van der Waals surface area contributed by atoms with Crippen LogP contribution in [0.5, 0.6) is 0 Å². The first-order valence-electron chi connectivity index (χ1n) is 6.72. The Labute approximate surface area is 113 Å². The van der Waals surface area contributed by atoms with Crippen molar-refractivity contribution in [3.8, 4) is 0 Å². The number of rotatable bonds is 3. The van der Waals surface area contributed by atoms with E-state index in [0.29, 0.717) is 5.92 Å². The van der Waals surface area contributed by atoms with Crippen LogP contribution in [0.3, 0.4) is 0 Å². The fourth-order valence-electron chi connectivity index (χ4n) is 2.90. The van der Waals surface area contributed by atoms with Gasteiger partial charge in [-0.15, -0.1) is 0 Å². The van der Waals surface area contributed by atoms with Crippen LogP contribution in [0.15, 0.2) is 18.2 Å². The molecule has 1 N–H and O–H groups in total. The van der Waals surface area contributed by atoms with E-state index in [0.717, 1.165) is 31.2 Å². The minimum Gasteiger partial charge on any atom is -0.393 e. The Morgan fingerprint density at radius 1 is 1.39 bits per heavy atom. The van der Waals surface area contributed by atoms with Crippen LogP contribution >= 0.6 is 11.6 Å². The molecule has 0 heterocycles. The lowest BCUT2D eigenvalue weighted by Gasteiger charge is -2.33. The summed E-state index contributed by atoms with van der Waals surface area (Å²) in [6, 6.07) is 4.85. The largest absolute Gasteiger partial charge is 0.393 e. The molecular formula is C15H20ClFO. The normalized spacial score (nSPS) is 28.3. The van der Waals surface area contributed by atoms with Crippen molar-refractivity contribution in [1.82, 2.24) is 0 Å². The molecule has 1 nitrogen and oxygen atoms in total. The number of halogens is 2. The van der Waals surface area contributed by atoms with Gasteiger partial charge in [-0.05, 0) is 55.2 Å². The zero-order chi connectivity index (χ0) is 13.1. The van der Waals surface area contributed by atoms with Crippen LogP contribution in [0.25, 0.3) is 0 Å². The van der Waals surface area contributed by atoms with Gasteiger partial charge in [-0.3, -0.25) is 0 Å². The first kappa shape index (κ1) is 13.8. The Morgan fingerprint density at radius 2 is 2.17 bits per heavy atom. The van der Waals surface area contributed by atoms with E-state index in [2.05, 4.69) is 6.92 Å². The zero-order valence-electron chi connectivity index (χ0n) is 10.7. The molecule has 0 saturated heterocycles. The van der Waals surface area contributed by atoms with Crippen LogP contribution in [0, 0.1) is 17.7 Å². The zero-order valence-corrected chi connectivity index (χ0v) is 11.5. The van der Waals surface area contributed by atoms with Crippen molar-refractivity contribution < 1.29 is 9.50 Å². The quantitative estimate of drug-likeness (QED) is 0.872. The van der Waals surface area contributed by atoms with Gasteiger partial charge >= 0.3 is 0 Å². The van der Waals surface area contributed by atoms with Crippen molar-refractivity contribution in [3.05, 3.63) is 34.6 Å². The van der Waals surface area contributed by atoms with E-state index in [1.807, 2.05) is 0 Å². The third-order valence-corrected chi connectivity index (χ3v) is 4.40. The second-order valence-electron chi connectivity index (χ2n) is 5.37. The Bertz CT molecular complexity index is 407. The van der Waals surface area contributed by atoms with Crippen molar-refractivity contribution in [2.75, 3.05) is 0 Å². The van der Waals surface area contributed by atoms with Gasteiger partial charge < -0.3 is 5.11 Å². The highest BCUT2D eigenvalue weighted by molar-refractivity contribution is 6.30. The molecule has 0 spiro atoms. The Kier molecular flexibility index (Phi) is 4.63. The van der Waals surface area contributed by atoms with E-state index >= 15 is 0 Å². The van der Waals surface area contributed by atoms with Crippen LogP contribution in [-0.2, 0) is 6.42 Å². The monoisotopic (exact) mass is 270 g/mol. The fourth-order valence-corrected chi connectivity index (χ4v) is 3.11. The summed E-state index contributed by atoms with van der Waals surface area (Å²) in [5.74, 6) is 0.621. The van der Waals surface area contributed by atoms with Crippen molar-refractivity contribution in [1.29, 1.82) is 0 Å². The molecule has 0 aromatic heterocycles. The molecule has 1 aliphatic carbocycles. The molecule has 3 unspecified atom stereocenters. The van der Waals surface area contributed by atoms with E-state index in [1.54, 1.807) is 12.1 Å². The summed E-state index contributed by atoms with van der Waals surface area (Å²) >= 11 is 5.79. The molecule has 100 valence electrons. The van der Waals surface area contributed by atoms with Gasteiger partial charge in [0, 0.05) is 0 Å². The number of hydrogen-bond donors (Lipinski definition) is 1. The van der Waals surface area contributed by atoms with Crippen molar-refractivity contribution in [3.63, 3.8) is 0 Å². The standard InChI is InChI=1S/C15H20ClFO/c1-2-10-4-6-15(18)12(7-10)8-11-3-5-14(17)13(16)9-11/h3,5,9-10,12,15,18H,2,4,6-8H2,1H3.